The molecule has 1 N–H and O–H groups in total. The Bertz CT molecular complexity index is 1070. The van der Waals surface area contributed by atoms with Crippen molar-refractivity contribution in [3.8, 4) is 22.6 Å². The van der Waals surface area contributed by atoms with Crippen molar-refractivity contribution in [3.05, 3.63) is 60.3 Å². The molecule has 0 aliphatic rings. The van der Waals surface area contributed by atoms with Crippen LogP contribution in [-0.4, -0.2) is 46.2 Å². The van der Waals surface area contributed by atoms with Gasteiger partial charge >= 0.3 is 0 Å². The first-order valence-corrected chi connectivity index (χ1v) is 10.7. The van der Waals surface area contributed by atoms with Gasteiger partial charge in [0.15, 0.2) is 0 Å². The molecule has 3 aromatic rings. The molecule has 0 fully saturated rings. The number of benzene rings is 2. The fraction of sp³-hybridized carbons (Fsp3) is 0.320. The molecule has 0 radical (unpaired) electrons. The van der Waals surface area contributed by atoms with Gasteiger partial charge in [-0.1, -0.05) is 37.3 Å². The maximum absolute atomic E-state index is 13.1. The second-order valence-electron chi connectivity index (χ2n) is 7.80. The Balaban J connectivity index is 2.03. The van der Waals surface area contributed by atoms with Crippen LogP contribution >= 0.6 is 0 Å². The summed E-state index contributed by atoms with van der Waals surface area (Å²) in [5.74, 6) is 0.972. The van der Waals surface area contributed by atoms with Gasteiger partial charge in [0, 0.05) is 18.0 Å². The molecule has 7 heteroatoms. The molecule has 0 atom stereocenters. The summed E-state index contributed by atoms with van der Waals surface area (Å²) in [6, 6.07) is 17.2. The van der Waals surface area contributed by atoms with Crippen LogP contribution in [0.4, 0.5) is 5.82 Å². The van der Waals surface area contributed by atoms with Crippen LogP contribution in [-0.2, 0) is 9.59 Å². The number of hydrogen-bond acceptors (Lipinski definition) is 4. The van der Waals surface area contributed by atoms with E-state index in [0.717, 1.165) is 28.3 Å². The number of ether oxygens (including phenoxy) is 1. The van der Waals surface area contributed by atoms with Crippen LogP contribution in [0.5, 0.6) is 5.75 Å². The normalized spacial score (nSPS) is 10.8. The lowest BCUT2D eigenvalue weighted by atomic mass is 10.1. The number of carbonyl (C=O) groups is 2. The lowest BCUT2D eigenvalue weighted by Gasteiger charge is -2.26. The average molecular weight is 435 g/mol. The highest BCUT2D eigenvalue weighted by molar-refractivity contribution is 5.98. The minimum Gasteiger partial charge on any atom is -0.497 e. The molecular formula is C25H30N4O3. The highest BCUT2D eigenvalue weighted by Gasteiger charge is 2.23. The van der Waals surface area contributed by atoms with E-state index in [0.29, 0.717) is 12.2 Å². The number of carbonyl (C=O) groups excluding carboxylic acids is 2. The Morgan fingerprint density at radius 2 is 1.75 bits per heavy atom. The number of aryl methyl sites for hydroxylation is 1. The predicted octanol–water partition coefficient (Wildman–Crippen LogP) is 4.44. The number of aromatic nitrogens is 2. The molecule has 32 heavy (non-hydrogen) atoms. The van der Waals surface area contributed by atoms with Gasteiger partial charge in [-0.25, -0.2) is 4.68 Å². The highest BCUT2D eigenvalue weighted by atomic mass is 16.5. The lowest BCUT2D eigenvalue weighted by molar-refractivity contribution is -0.136. The summed E-state index contributed by atoms with van der Waals surface area (Å²) in [6.07, 6.45) is 0.351. The zero-order chi connectivity index (χ0) is 23.3. The molecule has 2 aromatic carbocycles. The fourth-order valence-corrected chi connectivity index (χ4v) is 3.59. The Morgan fingerprint density at radius 3 is 2.31 bits per heavy atom. The van der Waals surface area contributed by atoms with Crippen LogP contribution in [0, 0.1) is 6.92 Å². The van der Waals surface area contributed by atoms with E-state index in [9.17, 15) is 9.59 Å². The van der Waals surface area contributed by atoms with Crippen molar-refractivity contribution in [2.45, 2.75) is 40.2 Å². The average Bonchev–Trinajstić information content (AvgIpc) is 3.12. The summed E-state index contributed by atoms with van der Waals surface area (Å²) in [5, 5.41) is 7.74. The number of anilines is 1. The summed E-state index contributed by atoms with van der Waals surface area (Å²) in [7, 11) is 1.62. The minimum atomic E-state index is -0.271. The molecular weight excluding hydrogens is 404 g/mol. The molecule has 0 aliphatic heterocycles. The van der Waals surface area contributed by atoms with Crippen LogP contribution < -0.4 is 10.1 Å². The number of amides is 2. The Hall–Kier alpha value is -3.61. The van der Waals surface area contributed by atoms with Crippen molar-refractivity contribution in [3.63, 3.8) is 0 Å². The largest absolute Gasteiger partial charge is 0.497 e. The number of nitrogens with one attached hydrogen (secondary N) is 1. The van der Waals surface area contributed by atoms with Gasteiger partial charge in [0.2, 0.25) is 11.8 Å². The van der Waals surface area contributed by atoms with Gasteiger partial charge in [0.1, 0.15) is 18.1 Å². The standard InChI is InChI=1S/C25H30N4O3/c1-6-23(31)28(17(2)3)16-22(30)26-25-24(19-10-8-7-9-11-19)18(4)27-29(25)20-12-14-21(32-5)15-13-20/h7-15,17H,6,16H2,1-5H3,(H,26,30). The van der Waals surface area contributed by atoms with Crippen LogP contribution in [0.25, 0.3) is 16.8 Å². The predicted molar refractivity (Wildman–Crippen MR) is 126 cm³/mol. The van der Waals surface area contributed by atoms with Crippen LogP contribution in [0.2, 0.25) is 0 Å². The maximum atomic E-state index is 13.1. The molecule has 168 valence electrons. The third kappa shape index (κ3) is 4.99. The molecule has 0 unspecified atom stereocenters. The van der Waals surface area contributed by atoms with E-state index < -0.39 is 0 Å². The SMILES string of the molecule is CCC(=O)N(CC(=O)Nc1c(-c2ccccc2)c(C)nn1-c1ccc(OC)cc1)C(C)C. The van der Waals surface area contributed by atoms with Crippen molar-refractivity contribution < 1.29 is 14.3 Å². The molecule has 2 amide bonds. The van der Waals surface area contributed by atoms with Crippen molar-refractivity contribution in [1.29, 1.82) is 0 Å². The second-order valence-corrected chi connectivity index (χ2v) is 7.80. The zero-order valence-electron chi connectivity index (χ0n) is 19.3. The molecule has 1 heterocycles. The first kappa shape index (κ1) is 23.1. The van der Waals surface area contributed by atoms with E-state index in [1.54, 1.807) is 23.6 Å². The monoisotopic (exact) mass is 434 g/mol. The lowest BCUT2D eigenvalue weighted by Crippen LogP contribution is -2.42. The Labute approximate surface area is 189 Å². The Morgan fingerprint density at radius 1 is 1.09 bits per heavy atom. The zero-order valence-corrected chi connectivity index (χ0v) is 19.3. The van der Waals surface area contributed by atoms with Gasteiger partial charge in [-0.15, -0.1) is 0 Å². The third-order valence-electron chi connectivity index (χ3n) is 5.26. The van der Waals surface area contributed by atoms with E-state index in [4.69, 9.17) is 9.84 Å². The quantitative estimate of drug-likeness (QED) is 0.569. The van der Waals surface area contributed by atoms with Crippen molar-refractivity contribution in [2.24, 2.45) is 0 Å². The van der Waals surface area contributed by atoms with Gasteiger partial charge in [0.25, 0.3) is 0 Å². The van der Waals surface area contributed by atoms with Crippen LogP contribution in [0.1, 0.15) is 32.9 Å². The topological polar surface area (TPSA) is 76.5 Å². The van der Waals surface area contributed by atoms with Gasteiger partial charge in [0.05, 0.1) is 18.5 Å². The molecule has 0 spiro atoms. The Kier molecular flexibility index (Phi) is 7.30. The molecule has 3 rings (SSSR count). The van der Waals surface area contributed by atoms with E-state index in [-0.39, 0.29) is 24.4 Å². The third-order valence-corrected chi connectivity index (χ3v) is 5.26. The molecule has 0 saturated carbocycles. The first-order valence-electron chi connectivity index (χ1n) is 10.7. The van der Waals surface area contributed by atoms with E-state index in [1.165, 1.54) is 0 Å². The summed E-state index contributed by atoms with van der Waals surface area (Å²) >= 11 is 0. The number of nitrogens with zero attached hydrogens (tertiary/aromatic N) is 3. The van der Waals surface area contributed by atoms with Crippen molar-refractivity contribution >= 4 is 17.6 Å². The van der Waals surface area contributed by atoms with Gasteiger partial charge in [-0.3, -0.25) is 9.59 Å². The van der Waals surface area contributed by atoms with E-state index >= 15 is 0 Å². The van der Waals surface area contributed by atoms with Crippen molar-refractivity contribution in [2.75, 3.05) is 19.0 Å². The van der Waals surface area contributed by atoms with E-state index in [1.807, 2.05) is 75.4 Å². The highest BCUT2D eigenvalue weighted by Crippen LogP contribution is 2.33. The molecule has 0 bridgehead atoms. The fourth-order valence-electron chi connectivity index (χ4n) is 3.59. The maximum Gasteiger partial charge on any atom is 0.245 e. The smallest absolute Gasteiger partial charge is 0.245 e. The number of methoxy groups -OCH3 is 1. The summed E-state index contributed by atoms with van der Waals surface area (Å²) in [5.41, 5.74) is 3.36. The minimum absolute atomic E-state index is 0.0224. The van der Waals surface area contributed by atoms with Crippen LogP contribution in [0.3, 0.4) is 0 Å². The van der Waals surface area contributed by atoms with Crippen molar-refractivity contribution in [1.82, 2.24) is 14.7 Å². The summed E-state index contributed by atoms with van der Waals surface area (Å²) in [6.45, 7) is 7.50. The van der Waals surface area contributed by atoms with E-state index in [2.05, 4.69) is 5.32 Å². The van der Waals surface area contributed by atoms with Gasteiger partial charge < -0.3 is 15.0 Å². The number of rotatable bonds is 8. The summed E-state index contributed by atoms with van der Waals surface area (Å²) < 4.78 is 6.98. The molecule has 0 saturated heterocycles. The van der Waals surface area contributed by atoms with Gasteiger partial charge in [-0.05, 0) is 50.6 Å². The number of hydrogen-bond donors (Lipinski definition) is 1. The van der Waals surface area contributed by atoms with Crippen LogP contribution in [0.15, 0.2) is 54.6 Å². The summed E-state index contributed by atoms with van der Waals surface area (Å²) in [4.78, 5) is 26.9. The molecule has 0 aliphatic carbocycles. The van der Waals surface area contributed by atoms with Gasteiger partial charge in [-0.2, -0.15) is 5.10 Å². The molecule has 7 nitrogen and oxygen atoms in total. The second kappa shape index (κ2) is 10.1. The molecule has 1 aromatic heterocycles. The first-order chi connectivity index (χ1) is 15.3.